The van der Waals surface area contributed by atoms with Gasteiger partial charge in [0.05, 0.1) is 29.3 Å². The number of methoxy groups -OCH3 is 2. The third-order valence-electron chi connectivity index (χ3n) is 2.76. The Bertz CT molecular complexity index is 764. The van der Waals surface area contributed by atoms with Crippen LogP contribution in [0, 0.1) is 0 Å². The molecule has 6 nitrogen and oxygen atoms in total. The van der Waals surface area contributed by atoms with Crippen molar-refractivity contribution in [1.29, 1.82) is 0 Å². The van der Waals surface area contributed by atoms with Gasteiger partial charge in [-0.3, -0.25) is 0 Å². The number of hydrogen-bond donors (Lipinski definition) is 1. The first-order chi connectivity index (χ1) is 10.5. The van der Waals surface area contributed by atoms with E-state index in [0.29, 0.717) is 10.7 Å². The van der Waals surface area contributed by atoms with E-state index in [1.54, 1.807) is 12.1 Å². The Hall–Kier alpha value is -1.58. The zero-order chi connectivity index (χ0) is 16.3. The maximum absolute atomic E-state index is 11.7. The fraction of sp³-hybridized carbons (Fsp3) is 0.154. The highest BCUT2D eigenvalue weighted by Crippen LogP contribution is 2.39. The normalized spacial score (nSPS) is 10.5. The maximum Gasteiger partial charge on any atom is 0.337 e. The first-order valence-electron chi connectivity index (χ1n) is 5.94. The first-order valence-corrected chi connectivity index (χ1v) is 8.68. The van der Waals surface area contributed by atoms with Crippen LogP contribution in [-0.2, 0) is 15.6 Å². The number of thiophene rings is 1. The van der Waals surface area contributed by atoms with Crippen LogP contribution in [-0.4, -0.2) is 28.6 Å². The van der Waals surface area contributed by atoms with Crippen molar-refractivity contribution in [2.24, 2.45) is 0 Å². The molecule has 0 atom stereocenters. The molecule has 0 fully saturated rings. The lowest BCUT2D eigenvalue weighted by Gasteiger charge is -2.19. The predicted molar refractivity (Wildman–Crippen MR) is 88.8 cm³/mol. The van der Waals surface area contributed by atoms with Crippen molar-refractivity contribution in [2.45, 2.75) is 0 Å². The highest BCUT2D eigenvalue weighted by Gasteiger charge is 2.20. The summed E-state index contributed by atoms with van der Waals surface area (Å²) in [6, 6.07) is 7.85. The van der Waals surface area contributed by atoms with Gasteiger partial charge in [-0.05, 0) is 46.3 Å². The van der Waals surface area contributed by atoms with Crippen molar-refractivity contribution in [1.82, 2.24) is 0 Å². The van der Waals surface area contributed by atoms with Crippen LogP contribution in [0.2, 0.25) is 0 Å². The lowest BCUT2D eigenvalue weighted by Crippen LogP contribution is -2.14. The Labute approximate surface area is 141 Å². The van der Waals surface area contributed by atoms with Gasteiger partial charge in [-0.25, -0.2) is 17.5 Å². The number of carbonyl (C=O) groups excluding carboxylic acids is 1. The fourth-order valence-electron chi connectivity index (χ4n) is 1.80. The molecular formula is C13H12BrNO5S2. The van der Waals surface area contributed by atoms with E-state index < -0.39 is 16.9 Å². The fourth-order valence-corrected chi connectivity index (χ4v) is 3.98. The molecule has 0 bridgehead atoms. The number of ether oxygens (including phenoxy) is 2. The van der Waals surface area contributed by atoms with Crippen molar-refractivity contribution < 1.29 is 22.7 Å². The predicted octanol–water partition coefficient (Wildman–Crippen LogP) is 2.97. The summed E-state index contributed by atoms with van der Waals surface area (Å²) in [4.78, 5) is 11.6. The van der Waals surface area contributed by atoms with Crippen LogP contribution in [0.4, 0.5) is 10.7 Å². The third-order valence-corrected chi connectivity index (χ3v) is 5.26. The maximum atomic E-state index is 11.7. The molecule has 0 amide bonds. The summed E-state index contributed by atoms with van der Waals surface area (Å²) in [7, 11) is -0.253. The van der Waals surface area contributed by atoms with Crippen molar-refractivity contribution in [3.63, 3.8) is 0 Å². The lowest BCUT2D eigenvalue weighted by molar-refractivity contribution is 0.0600. The van der Waals surface area contributed by atoms with Gasteiger partial charge in [-0.15, -0.1) is 11.3 Å². The minimum atomic E-state index is -2.93. The number of esters is 1. The number of rotatable bonds is 5. The smallest absolute Gasteiger partial charge is 0.337 e. The molecular weight excluding hydrogens is 394 g/mol. The van der Waals surface area contributed by atoms with Gasteiger partial charge in [0.25, 0.3) is 0 Å². The van der Waals surface area contributed by atoms with E-state index in [1.165, 1.54) is 43.8 Å². The number of thiol groups is 1. The number of carbonyl (C=O) groups is 1. The molecule has 0 radical (unpaired) electrons. The van der Waals surface area contributed by atoms with Gasteiger partial charge in [0.15, 0.2) is 0 Å². The molecule has 22 heavy (non-hydrogen) atoms. The average molecular weight is 406 g/mol. The summed E-state index contributed by atoms with van der Waals surface area (Å²) in [6.45, 7) is 0. The zero-order valence-electron chi connectivity index (χ0n) is 11.6. The second kappa shape index (κ2) is 7.12. The summed E-state index contributed by atoms with van der Waals surface area (Å²) >= 11 is 4.57. The van der Waals surface area contributed by atoms with Gasteiger partial charge in [-0.1, -0.05) is 0 Å². The number of anilines is 2. The zero-order valence-corrected chi connectivity index (χ0v) is 14.9. The van der Waals surface area contributed by atoms with Gasteiger partial charge in [0.2, 0.25) is 10.9 Å². The number of nitrogens with zero attached hydrogens (tertiary/aromatic N) is 1. The Kier molecular flexibility index (Phi) is 5.43. The molecule has 2 rings (SSSR count). The van der Waals surface area contributed by atoms with Crippen LogP contribution in [0.25, 0.3) is 0 Å². The number of benzene rings is 1. The van der Waals surface area contributed by atoms with Gasteiger partial charge in [-0.2, -0.15) is 0 Å². The topological polar surface area (TPSA) is 72.9 Å². The standard InChI is InChI=1S/C13H12BrNO5S2/c1-19-10-7-8(13(16)20-2)3-4-9(10)15(22(17)18)12-6-5-11(14)21-12/h3-7,22H,1-2H3. The molecule has 0 aliphatic carbocycles. The molecule has 2 aromatic rings. The Morgan fingerprint density at radius 1 is 1.23 bits per heavy atom. The van der Waals surface area contributed by atoms with Crippen molar-refractivity contribution in [3.8, 4) is 5.75 Å². The summed E-state index contributed by atoms with van der Waals surface area (Å²) in [6.07, 6.45) is 0. The average Bonchev–Trinajstić information content (AvgIpc) is 2.92. The molecule has 0 aliphatic heterocycles. The van der Waals surface area contributed by atoms with E-state index in [9.17, 15) is 13.2 Å². The van der Waals surface area contributed by atoms with Crippen molar-refractivity contribution in [3.05, 3.63) is 39.7 Å². The summed E-state index contributed by atoms with van der Waals surface area (Å²) in [5, 5.41) is 0.507. The number of halogens is 1. The monoisotopic (exact) mass is 405 g/mol. The first kappa shape index (κ1) is 16.8. The SMILES string of the molecule is COC(=O)c1ccc(N(c2ccc(Br)s2)[SH](=O)=O)c(OC)c1. The Balaban J connectivity index is 2.55. The molecule has 0 saturated carbocycles. The molecule has 0 unspecified atom stereocenters. The van der Waals surface area contributed by atoms with E-state index in [2.05, 4.69) is 20.7 Å². The van der Waals surface area contributed by atoms with Crippen LogP contribution < -0.4 is 9.04 Å². The molecule has 0 spiro atoms. The van der Waals surface area contributed by atoms with Gasteiger partial charge < -0.3 is 9.47 Å². The lowest BCUT2D eigenvalue weighted by atomic mass is 10.2. The quantitative estimate of drug-likeness (QED) is 0.611. The van der Waals surface area contributed by atoms with E-state index >= 15 is 0 Å². The van der Waals surface area contributed by atoms with Gasteiger partial charge in [0, 0.05) is 0 Å². The summed E-state index contributed by atoms with van der Waals surface area (Å²) in [5.74, 6) is -0.270. The minimum absolute atomic E-state index is 0.256. The minimum Gasteiger partial charge on any atom is -0.495 e. The van der Waals surface area contributed by atoms with Crippen LogP contribution in [0.5, 0.6) is 5.75 Å². The van der Waals surface area contributed by atoms with Crippen LogP contribution in [0.15, 0.2) is 34.1 Å². The number of hydrogen-bond acceptors (Lipinski definition) is 6. The molecule has 0 N–H and O–H groups in total. The second-order valence-corrected chi connectivity index (χ2v) is 7.32. The largest absolute Gasteiger partial charge is 0.495 e. The highest BCUT2D eigenvalue weighted by molar-refractivity contribution is 9.11. The molecule has 0 saturated heterocycles. The third kappa shape index (κ3) is 3.42. The Morgan fingerprint density at radius 2 is 1.95 bits per heavy atom. The van der Waals surface area contributed by atoms with E-state index in [1.807, 2.05) is 0 Å². The van der Waals surface area contributed by atoms with E-state index in [-0.39, 0.29) is 11.3 Å². The second-order valence-electron chi connectivity index (χ2n) is 4.01. The highest BCUT2D eigenvalue weighted by atomic mass is 79.9. The summed E-state index contributed by atoms with van der Waals surface area (Å²) in [5.41, 5.74) is 0.595. The molecule has 1 heterocycles. The van der Waals surface area contributed by atoms with Gasteiger partial charge >= 0.3 is 5.97 Å². The Morgan fingerprint density at radius 3 is 2.45 bits per heavy atom. The van der Waals surface area contributed by atoms with Crippen LogP contribution in [0.3, 0.4) is 0 Å². The van der Waals surface area contributed by atoms with Gasteiger partial charge in [0.1, 0.15) is 10.8 Å². The van der Waals surface area contributed by atoms with Crippen molar-refractivity contribution >= 4 is 54.8 Å². The molecule has 118 valence electrons. The van der Waals surface area contributed by atoms with E-state index in [4.69, 9.17) is 4.74 Å². The van der Waals surface area contributed by atoms with Crippen LogP contribution >= 0.6 is 27.3 Å². The molecule has 0 aliphatic rings. The molecule has 1 aromatic carbocycles. The molecule has 9 heteroatoms. The van der Waals surface area contributed by atoms with E-state index in [0.717, 1.165) is 8.09 Å². The molecule has 1 aromatic heterocycles. The summed E-state index contributed by atoms with van der Waals surface area (Å²) < 4.78 is 35.1. The van der Waals surface area contributed by atoms with Crippen molar-refractivity contribution in [2.75, 3.05) is 18.5 Å². The van der Waals surface area contributed by atoms with Crippen LogP contribution in [0.1, 0.15) is 10.4 Å².